The van der Waals surface area contributed by atoms with Crippen molar-refractivity contribution in [3.05, 3.63) is 89.5 Å². The third kappa shape index (κ3) is 5.42. The average molecular weight is 410 g/mol. The molecule has 0 bridgehead atoms. The fourth-order valence-electron chi connectivity index (χ4n) is 3.02. The third-order valence-electron chi connectivity index (χ3n) is 4.49. The number of aldehydes is 1. The van der Waals surface area contributed by atoms with Crippen molar-refractivity contribution in [2.75, 3.05) is 16.0 Å². The maximum Gasteiger partial charge on any atom is 0.233 e. The molecule has 0 saturated heterocycles. The SMILES string of the molecule is Cc1cccc(Nc2nc(Nc3ccc(C=O)cc3)nc(Nc3cccc(C)c3)n2)c1. The van der Waals surface area contributed by atoms with Gasteiger partial charge in [-0.1, -0.05) is 24.3 Å². The van der Waals surface area contributed by atoms with Crippen LogP contribution in [0.15, 0.2) is 72.8 Å². The zero-order valence-corrected chi connectivity index (χ0v) is 17.3. The van der Waals surface area contributed by atoms with Crippen molar-refractivity contribution in [1.29, 1.82) is 0 Å². The number of carbonyl (C=O) groups excluding carboxylic acids is 1. The lowest BCUT2D eigenvalue weighted by Gasteiger charge is -2.12. The summed E-state index contributed by atoms with van der Waals surface area (Å²) in [6.07, 6.45) is 0.806. The quantitative estimate of drug-likeness (QED) is 0.345. The van der Waals surface area contributed by atoms with Gasteiger partial charge in [0.2, 0.25) is 17.8 Å². The summed E-state index contributed by atoms with van der Waals surface area (Å²) >= 11 is 0. The smallest absolute Gasteiger partial charge is 0.233 e. The summed E-state index contributed by atoms with van der Waals surface area (Å²) in [4.78, 5) is 24.4. The number of nitrogens with one attached hydrogen (secondary N) is 3. The highest BCUT2D eigenvalue weighted by molar-refractivity contribution is 5.76. The van der Waals surface area contributed by atoms with Crippen LogP contribution in [0, 0.1) is 13.8 Å². The van der Waals surface area contributed by atoms with Crippen LogP contribution in [0.4, 0.5) is 34.9 Å². The first-order valence-corrected chi connectivity index (χ1v) is 9.83. The minimum atomic E-state index is 0.374. The van der Waals surface area contributed by atoms with E-state index < -0.39 is 0 Å². The van der Waals surface area contributed by atoms with Gasteiger partial charge in [0.25, 0.3) is 0 Å². The van der Waals surface area contributed by atoms with Crippen LogP contribution in [0.5, 0.6) is 0 Å². The Kier molecular flexibility index (Phi) is 5.84. The van der Waals surface area contributed by atoms with Gasteiger partial charge in [-0.3, -0.25) is 4.79 Å². The number of aryl methyl sites for hydroxylation is 2. The minimum Gasteiger partial charge on any atom is -0.324 e. The van der Waals surface area contributed by atoms with Gasteiger partial charge >= 0.3 is 0 Å². The highest BCUT2D eigenvalue weighted by Crippen LogP contribution is 2.22. The Hall–Kier alpha value is -4.26. The van der Waals surface area contributed by atoms with Crippen molar-refractivity contribution in [2.45, 2.75) is 13.8 Å². The molecule has 4 aromatic rings. The van der Waals surface area contributed by atoms with E-state index in [0.29, 0.717) is 23.4 Å². The first-order valence-electron chi connectivity index (χ1n) is 9.83. The zero-order chi connectivity index (χ0) is 21.6. The van der Waals surface area contributed by atoms with Crippen molar-refractivity contribution in [2.24, 2.45) is 0 Å². The van der Waals surface area contributed by atoms with Gasteiger partial charge in [-0.05, 0) is 73.5 Å². The van der Waals surface area contributed by atoms with Crippen LogP contribution >= 0.6 is 0 Å². The van der Waals surface area contributed by atoms with Crippen LogP contribution in [0.1, 0.15) is 21.5 Å². The molecule has 0 aliphatic heterocycles. The Morgan fingerprint density at radius 2 is 1.06 bits per heavy atom. The van der Waals surface area contributed by atoms with E-state index in [1.807, 2.05) is 62.4 Å². The number of hydrogen-bond acceptors (Lipinski definition) is 7. The van der Waals surface area contributed by atoms with E-state index in [-0.39, 0.29) is 0 Å². The molecule has 154 valence electrons. The van der Waals surface area contributed by atoms with E-state index in [4.69, 9.17) is 0 Å². The molecule has 3 N–H and O–H groups in total. The largest absolute Gasteiger partial charge is 0.324 e. The van der Waals surface area contributed by atoms with Crippen molar-refractivity contribution in [3.8, 4) is 0 Å². The number of nitrogens with zero attached hydrogens (tertiary/aromatic N) is 3. The Morgan fingerprint density at radius 1 is 0.613 bits per heavy atom. The van der Waals surface area contributed by atoms with Gasteiger partial charge < -0.3 is 16.0 Å². The fraction of sp³-hybridized carbons (Fsp3) is 0.0833. The van der Waals surface area contributed by atoms with Crippen LogP contribution < -0.4 is 16.0 Å². The molecule has 0 aliphatic carbocycles. The van der Waals surface area contributed by atoms with Crippen molar-refractivity contribution < 1.29 is 4.79 Å². The van der Waals surface area contributed by atoms with E-state index in [9.17, 15) is 4.79 Å². The van der Waals surface area contributed by atoms with E-state index in [0.717, 1.165) is 34.5 Å². The van der Waals surface area contributed by atoms with Crippen LogP contribution in [0.3, 0.4) is 0 Å². The molecule has 0 aliphatic rings. The molecule has 4 rings (SSSR count). The van der Waals surface area contributed by atoms with E-state index in [1.165, 1.54) is 0 Å². The number of hydrogen-bond donors (Lipinski definition) is 3. The summed E-state index contributed by atoms with van der Waals surface area (Å²) in [7, 11) is 0. The van der Waals surface area contributed by atoms with Crippen molar-refractivity contribution >= 4 is 41.2 Å². The van der Waals surface area contributed by atoms with Crippen LogP contribution in [0.25, 0.3) is 0 Å². The van der Waals surface area contributed by atoms with Gasteiger partial charge in [-0.25, -0.2) is 0 Å². The van der Waals surface area contributed by atoms with Crippen LogP contribution in [-0.4, -0.2) is 21.2 Å². The molecule has 7 nitrogen and oxygen atoms in total. The van der Waals surface area contributed by atoms with Gasteiger partial charge in [0.05, 0.1) is 0 Å². The number of carbonyl (C=O) groups is 1. The minimum absolute atomic E-state index is 0.374. The molecule has 0 amide bonds. The molecule has 0 atom stereocenters. The Balaban J connectivity index is 1.65. The summed E-state index contributed by atoms with van der Waals surface area (Å²) in [5.41, 5.74) is 5.39. The van der Waals surface area contributed by atoms with E-state index in [1.54, 1.807) is 24.3 Å². The lowest BCUT2D eigenvalue weighted by molar-refractivity contribution is 0.112. The van der Waals surface area contributed by atoms with Crippen LogP contribution in [-0.2, 0) is 0 Å². The lowest BCUT2D eigenvalue weighted by Crippen LogP contribution is -2.07. The summed E-state index contributed by atoms with van der Waals surface area (Å²) in [6.45, 7) is 4.05. The Morgan fingerprint density at radius 3 is 1.48 bits per heavy atom. The normalized spacial score (nSPS) is 10.4. The van der Waals surface area contributed by atoms with Gasteiger partial charge in [0, 0.05) is 22.6 Å². The standard InChI is InChI=1S/C24H22N6O/c1-16-5-3-7-20(13-16)26-23-28-22(25-19-11-9-18(15-31)10-12-19)29-24(30-23)27-21-8-4-6-17(2)14-21/h3-15H,1-2H3,(H3,25,26,27,28,29,30). The van der Waals surface area contributed by atoms with Crippen LogP contribution in [0.2, 0.25) is 0 Å². The first kappa shape index (κ1) is 20.0. The monoisotopic (exact) mass is 410 g/mol. The lowest BCUT2D eigenvalue weighted by atomic mass is 10.2. The highest BCUT2D eigenvalue weighted by Gasteiger charge is 2.09. The summed E-state index contributed by atoms with van der Waals surface area (Å²) in [5, 5.41) is 9.65. The molecule has 31 heavy (non-hydrogen) atoms. The maximum absolute atomic E-state index is 10.9. The van der Waals surface area contributed by atoms with E-state index in [2.05, 4.69) is 30.9 Å². The molecule has 0 saturated carbocycles. The summed E-state index contributed by atoms with van der Waals surface area (Å²) in [5.74, 6) is 1.18. The predicted molar refractivity (Wildman–Crippen MR) is 124 cm³/mol. The molecular formula is C24H22N6O. The van der Waals surface area contributed by atoms with Gasteiger partial charge in [-0.2, -0.15) is 15.0 Å². The highest BCUT2D eigenvalue weighted by atomic mass is 16.1. The molecule has 0 radical (unpaired) electrons. The first-order chi connectivity index (χ1) is 15.1. The van der Waals surface area contributed by atoms with Gasteiger partial charge in [-0.15, -0.1) is 0 Å². The number of rotatable bonds is 7. The molecule has 7 heteroatoms. The molecule has 1 aromatic heterocycles. The summed E-state index contributed by atoms with van der Waals surface area (Å²) < 4.78 is 0. The molecule has 0 fully saturated rings. The Labute approximate surface area is 180 Å². The average Bonchev–Trinajstić information content (AvgIpc) is 2.74. The molecule has 3 aromatic carbocycles. The van der Waals surface area contributed by atoms with Gasteiger partial charge in [0.1, 0.15) is 6.29 Å². The number of anilines is 6. The van der Waals surface area contributed by atoms with E-state index >= 15 is 0 Å². The van der Waals surface area contributed by atoms with Gasteiger partial charge in [0.15, 0.2) is 0 Å². The second kappa shape index (κ2) is 9.04. The van der Waals surface area contributed by atoms with Crippen molar-refractivity contribution in [3.63, 3.8) is 0 Å². The topological polar surface area (TPSA) is 91.8 Å². The Bertz CT molecular complexity index is 1140. The molecule has 0 spiro atoms. The second-order valence-electron chi connectivity index (χ2n) is 7.16. The third-order valence-corrected chi connectivity index (χ3v) is 4.49. The molecule has 0 unspecified atom stereocenters. The number of aromatic nitrogens is 3. The molecular weight excluding hydrogens is 388 g/mol. The zero-order valence-electron chi connectivity index (χ0n) is 17.3. The van der Waals surface area contributed by atoms with Crippen molar-refractivity contribution in [1.82, 2.24) is 15.0 Å². The predicted octanol–water partition coefficient (Wildman–Crippen LogP) is 5.53. The fourth-order valence-corrected chi connectivity index (χ4v) is 3.02. The molecule has 1 heterocycles. The maximum atomic E-state index is 10.9. The second-order valence-corrected chi connectivity index (χ2v) is 7.16. The number of benzene rings is 3. The summed E-state index contributed by atoms with van der Waals surface area (Å²) in [6, 6.07) is 23.0.